The summed E-state index contributed by atoms with van der Waals surface area (Å²) < 4.78 is 29.6. The van der Waals surface area contributed by atoms with Crippen LogP contribution < -0.4 is 33.6 Å². The number of rotatable bonds is 7. The lowest BCUT2D eigenvalue weighted by atomic mass is 10.1. The van der Waals surface area contributed by atoms with Crippen LogP contribution in [-0.2, 0) is 10.1 Å². The fraction of sp³-hybridized carbons (Fsp3) is 0.115. The van der Waals surface area contributed by atoms with Crippen LogP contribution in [-0.4, -0.2) is 42.3 Å². The summed E-state index contributed by atoms with van der Waals surface area (Å²) in [5.74, 6) is -0.234. The molecule has 3 rings (SSSR count). The molecule has 216 valence electrons. The van der Waals surface area contributed by atoms with Gasteiger partial charge in [0.1, 0.15) is 0 Å². The second-order valence-corrected chi connectivity index (χ2v) is 9.86. The Morgan fingerprint density at radius 1 is 0.659 bits per heavy atom. The Bertz CT molecular complexity index is 1470. The van der Waals surface area contributed by atoms with Crippen molar-refractivity contribution in [2.45, 2.75) is 25.7 Å². The molecule has 0 atom stereocenters. The molecule has 0 aliphatic heterocycles. The maximum absolute atomic E-state index is 12.2. The Morgan fingerprint density at radius 3 is 1.34 bits per heavy atom. The van der Waals surface area contributed by atoms with Crippen molar-refractivity contribution in [2.24, 2.45) is 43.3 Å². The van der Waals surface area contributed by atoms with Crippen molar-refractivity contribution < 1.29 is 17.8 Å². The van der Waals surface area contributed by atoms with Crippen molar-refractivity contribution in [1.82, 2.24) is 0 Å². The van der Waals surface area contributed by atoms with Crippen LogP contribution in [0.3, 0.4) is 0 Å². The van der Waals surface area contributed by atoms with Crippen molar-refractivity contribution in [3.8, 4) is 0 Å². The maximum Gasteiger partial charge on any atom is 0.323 e. The van der Waals surface area contributed by atoms with E-state index in [1.165, 1.54) is 12.1 Å². The van der Waals surface area contributed by atoms with Crippen LogP contribution in [0.25, 0.3) is 0 Å². The lowest BCUT2D eigenvalue weighted by Crippen LogP contribution is -2.22. The number of carbonyl (C=O) groups excluding carboxylic acids is 1. The quantitative estimate of drug-likeness (QED) is 0.0944. The van der Waals surface area contributed by atoms with Gasteiger partial charge in [-0.2, -0.15) is 18.6 Å². The number of nitrogens with zero attached hydrogens (tertiary/aromatic N) is 4. The molecular weight excluding hydrogens is 548 g/mol. The van der Waals surface area contributed by atoms with Gasteiger partial charge in [-0.25, -0.2) is 4.79 Å². The molecule has 14 nitrogen and oxygen atoms in total. The third-order valence-corrected chi connectivity index (χ3v) is 5.94. The standard InChI is InChI=1S/C19H24N10O.C7H8O3S/c1-11(26-28-17(20)21)13-3-7-15(8-4-13)24-19(30)25-16-9-5-14(6-10-16)12(2)27-29-18(22)23;1-6-2-4-7(5-3-6)11(8,9)10/h3-10H,1-2H3,(H4,20,21,28)(H4,22,23,29)(H2,24,25,30);2-5H,1H3,(H,8,9,10). The molecule has 0 radical (unpaired) electrons. The summed E-state index contributed by atoms with van der Waals surface area (Å²) in [6.07, 6.45) is 0. The lowest BCUT2D eigenvalue weighted by Gasteiger charge is -2.09. The second-order valence-electron chi connectivity index (χ2n) is 8.44. The van der Waals surface area contributed by atoms with Gasteiger partial charge < -0.3 is 33.6 Å². The lowest BCUT2D eigenvalue weighted by molar-refractivity contribution is 0.262. The van der Waals surface area contributed by atoms with Crippen LogP contribution >= 0.6 is 0 Å². The molecule has 2 amide bonds. The molecule has 0 spiro atoms. The smallest absolute Gasteiger partial charge is 0.323 e. The first kappa shape index (κ1) is 31.9. The summed E-state index contributed by atoms with van der Waals surface area (Å²) in [4.78, 5) is 12.1. The fourth-order valence-corrected chi connectivity index (χ4v) is 3.45. The van der Waals surface area contributed by atoms with Gasteiger partial charge in [-0.15, -0.1) is 10.2 Å². The van der Waals surface area contributed by atoms with Gasteiger partial charge >= 0.3 is 6.03 Å². The molecule has 0 aliphatic carbocycles. The number of anilines is 2. The van der Waals surface area contributed by atoms with E-state index in [4.69, 9.17) is 27.5 Å². The number of amides is 2. The zero-order valence-corrected chi connectivity index (χ0v) is 23.4. The number of hydrogen-bond acceptors (Lipinski definition) is 7. The Labute approximate surface area is 237 Å². The largest absolute Gasteiger partial charge is 0.369 e. The summed E-state index contributed by atoms with van der Waals surface area (Å²) in [5, 5.41) is 20.5. The van der Waals surface area contributed by atoms with E-state index in [0.717, 1.165) is 16.7 Å². The van der Waals surface area contributed by atoms with E-state index in [-0.39, 0.29) is 22.8 Å². The molecule has 0 aromatic heterocycles. The predicted molar refractivity (Wildman–Crippen MR) is 163 cm³/mol. The second kappa shape index (κ2) is 14.8. The van der Waals surface area contributed by atoms with Gasteiger partial charge in [0.2, 0.25) is 11.9 Å². The van der Waals surface area contributed by atoms with Crippen LogP contribution in [0.2, 0.25) is 0 Å². The number of carbonyl (C=O) groups is 1. The Kier molecular flexibility index (Phi) is 11.5. The topological polar surface area (TPSA) is 249 Å². The van der Waals surface area contributed by atoms with Gasteiger partial charge in [0, 0.05) is 11.4 Å². The van der Waals surface area contributed by atoms with Crippen molar-refractivity contribution in [3.05, 3.63) is 89.5 Å². The Hall–Kier alpha value is -5.28. The predicted octanol–water partition coefficient (Wildman–Crippen LogP) is 2.57. The highest BCUT2D eigenvalue weighted by Crippen LogP contribution is 2.14. The summed E-state index contributed by atoms with van der Waals surface area (Å²) in [5.41, 5.74) is 26.1. The number of nitrogens with two attached hydrogens (primary N) is 4. The minimum absolute atomic E-state index is 0.0666. The van der Waals surface area contributed by atoms with Crippen molar-refractivity contribution in [1.29, 1.82) is 0 Å². The molecule has 11 N–H and O–H groups in total. The van der Waals surface area contributed by atoms with Gasteiger partial charge in [0.15, 0.2) is 0 Å². The molecule has 15 heteroatoms. The third-order valence-electron chi connectivity index (χ3n) is 5.07. The minimum atomic E-state index is -4.02. The first-order chi connectivity index (χ1) is 19.2. The van der Waals surface area contributed by atoms with Gasteiger partial charge in [0.05, 0.1) is 16.3 Å². The van der Waals surface area contributed by atoms with E-state index in [9.17, 15) is 13.2 Å². The molecule has 3 aromatic rings. The number of urea groups is 1. The molecule has 3 aromatic carbocycles. The van der Waals surface area contributed by atoms with Crippen LogP contribution in [0.15, 0.2) is 98.1 Å². The molecule has 0 saturated carbocycles. The number of benzene rings is 3. The Balaban J connectivity index is 0.000000446. The first-order valence-corrected chi connectivity index (χ1v) is 13.3. The highest BCUT2D eigenvalue weighted by Gasteiger charge is 2.07. The Morgan fingerprint density at radius 2 is 1.02 bits per heavy atom. The van der Waals surface area contributed by atoms with Crippen LogP contribution in [0.4, 0.5) is 16.2 Å². The van der Waals surface area contributed by atoms with Gasteiger partial charge in [-0.1, -0.05) is 42.0 Å². The number of guanidine groups is 2. The van der Waals surface area contributed by atoms with Crippen LogP contribution in [0, 0.1) is 6.92 Å². The number of hydrogen-bond donors (Lipinski definition) is 7. The number of aryl methyl sites for hydroxylation is 1. The van der Waals surface area contributed by atoms with E-state index in [1.54, 1.807) is 74.5 Å². The summed E-state index contributed by atoms with van der Waals surface area (Å²) in [7, 11) is -4.02. The van der Waals surface area contributed by atoms with Crippen molar-refractivity contribution >= 4 is 50.9 Å². The highest BCUT2D eigenvalue weighted by molar-refractivity contribution is 7.85. The third kappa shape index (κ3) is 11.6. The molecule has 0 aliphatic rings. The van der Waals surface area contributed by atoms with Crippen molar-refractivity contribution in [3.63, 3.8) is 0 Å². The SMILES string of the molecule is CC(=NN=C(N)N)c1ccc(NC(=O)Nc2ccc(C(C)=NN=C(N)N)cc2)cc1.Cc1ccc(S(=O)(=O)O)cc1. The van der Waals surface area contributed by atoms with Gasteiger partial charge in [-0.3, -0.25) is 4.55 Å². The zero-order valence-electron chi connectivity index (χ0n) is 22.6. The van der Waals surface area contributed by atoms with Crippen LogP contribution in [0.1, 0.15) is 30.5 Å². The minimum Gasteiger partial charge on any atom is -0.369 e. The molecule has 0 saturated heterocycles. The molecule has 0 unspecified atom stereocenters. The normalized spacial score (nSPS) is 11.4. The van der Waals surface area contributed by atoms with E-state index in [0.29, 0.717) is 22.8 Å². The first-order valence-electron chi connectivity index (χ1n) is 11.8. The zero-order chi connectivity index (χ0) is 30.6. The average molecular weight is 581 g/mol. The molecule has 0 bridgehead atoms. The van der Waals surface area contributed by atoms with Crippen molar-refractivity contribution in [2.75, 3.05) is 10.6 Å². The fourth-order valence-electron chi connectivity index (χ4n) is 2.97. The highest BCUT2D eigenvalue weighted by atomic mass is 32.2. The van der Waals surface area contributed by atoms with Gasteiger partial charge in [-0.05, 0) is 68.3 Å². The van der Waals surface area contributed by atoms with E-state index in [2.05, 4.69) is 31.0 Å². The molecule has 41 heavy (non-hydrogen) atoms. The van der Waals surface area contributed by atoms with E-state index in [1.807, 2.05) is 6.92 Å². The van der Waals surface area contributed by atoms with Crippen LogP contribution in [0.5, 0.6) is 0 Å². The van der Waals surface area contributed by atoms with E-state index < -0.39 is 10.1 Å². The summed E-state index contributed by atoms with van der Waals surface area (Å²) in [6, 6.07) is 19.8. The van der Waals surface area contributed by atoms with Gasteiger partial charge in [0.25, 0.3) is 10.1 Å². The average Bonchev–Trinajstić information content (AvgIpc) is 2.91. The molecule has 0 heterocycles. The molecule has 0 fully saturated rings. The number of nitrogens with one attached hydrogen (secondary N) is 2. The van der Waals surface area contributed by atoms with E-state index >= 15 is 0 Å². The summed E-state index contributed by atoms with van der Waals surface area (Å²) in [6.45, 7) is 5.39. The molecular formula is C26H32N10O4S. The summed E-state index contributed by atoms with van der Waals surface area (Å²) >= 11 is 0. The monoisotopic (exact) mass is 580 g/mol. The maximum atomic E-state index is 12.2.